The highest BCUT2D eigenvalue weighted by atomic mass is 16.7. The van der Waals surface area contributed by atoms with Crippen molar-refractivity contribution in [1.29, 1.82) is 0 Å². The molecule has 27 nitrogen and oxygen atoms in total. The summed E-state index contributed by atoms with van der Waals surface area (Å²) in [5.74, 6) is -2.91. The second-order valence-corrected chi connectivity index (χ2v) is 16.1. The highest BCUT2D eigenvalue weighted by molar-refractivity contribution is 5.88. The van der Waals surface area contributed by atoms with Gasteiger partial charge in [0.2, 0.25) is 23.8 Å². The van der Waals surface area contributed by atoms with Gasteiger partial charge < -0.3 is 129 Å². The van der Waals surface area contributed by atoms with Gasteiger partial charge in [0.05, 0.1) is 33.5 Å². The number of aromatic hydroxyl groups is 2. The minimum absolute atomic E-state index is 0.0385. The van der Waals surface area contributed by atoms with Crippen LogP contribution in [-0.4, -0.2) is 238 Å². The van der Waals surface area contributed by atoms with E-state index < -0.39 is 183 Å². The molecule has 27 heteroatoms. The third kappa shape index (κ3) is 10.00. The van der Waals surface area contributed by atoms with Gasteiger partial charge in [-0.25, -0.2) is 0 Å². The van der Waals surface area contributed by atoms with Crippen LogP contribution < -0.4 is 19.6 Å². The molecule has 4 aliphatic heterocycles. The Bertz CT molecular complexity index is 2210. The van der Waals surface area contributed by atoms with E-state index in [4.69, 9.17) is 47.0 Å². The molecular formula is C40H52O27. The summed E-state index contributed by atoms with van der Waals surface area (Å²) in [6.45, 7) is -3.09. The van der Waals surface area contributed by atoms with Gasteiger partial charge in [-0.05, 0) is 18.2 Å². The van der Waals surface area contributed by atoms with Crippen LogP contribution in [0.1, 0.15) is 0 Å². The number of phenols is 2. The van der Waals surface area contributed by atoms with E-state index in [-0.39, 0.29) is 22.8 Å². The Morgan fingerprint density at radius 1 is 0.522 bits per heavy atom. The topological polar surface area (TPSA) is 437 Å². The smallest absolute Gasteiger partial charge is 0.239 e. The molecule has 0 aliphatic carbocycles. The predicted octanol–water partition coefficient (Wildman–Crippen LogP) is -7.11. The molecule has 7 rings (SSSR count). The lowest BCUT2D eigenvalue weighted by Gasteiger charge is -2.43. The van der Waals surface area contributed by atoms with Gasteiger partial charge in [0.25, 0.3) is 0 Å². The SMILES string of the molecule is COc1cc(-c2oc3cc(OC4OC(CO)C(O)C(O)C4O)cc(O)c3c(=O)c2OC2OC(COC3OC(COC4OC(CO)C(O)C(O)C4O)C(O)C(O)C3O)C(O)C(O)C2O)ccc1O. The van der Waals surface area contributed by atoms with E-state index >= 15 is 0 Å². The molecule has 0 radical (unpaired) electrons. The average Bonchev–Trinajstić information content (AvgIpc) is 3.31. The Morgan fingerprint density at radius 3 is 1.48 bits per heavy atom. The predicted molar refractivity (Wildman–Crippen MR) is 212 cm³/mol. The molecule has 5 heterocycles. The van der Waals surface area contributed by atoms with Gasteiger partial charge in [0, 0.05) is 17.7 Å². The summed E-state index contributed by atoms with van der Waals surface area (Å²) in [5.41, 5.74) is -1.60. The molecule has 374 valence electrons. The fourth-order valence-electron chi connectivity index (χ4n) is 7.78. The summed E-state index contributed by atoms with van der Waals surface area (Å²) in [7, 11) is 1.22. The van der Waals surface area contributed by atoms with E-state index in [1.165, 1.54) is 19.2 Å². The van der Waals surface area contributed by atoms with E-state index in [0.717, 1.165) is 18.2 Å². The first-order valence-electron chi connectivity index (χ1n) is 20.6. The van der Waals surface area contributed by atoms with Crippen molar-refractivity contribution in [2.75, 3.05) is 33.5 Å². The minimum atomic E-state index is -2.14. The quantitative estimate of drug-likeness (QED) is 0.0714. The number of aliphatic hydroxyl groups is 14. The number of aliphatic hydroxyl groups excluding tert-OH is 14. The standard InChI is InChI=1S/C40H52O27/c1-58-15-4-11(2-3-13(15)43)35-36(26(49)21-14(44)5-12(6-16(21)62-35)61-39-33(56)28(51)23(46)18(8-42)64-39)67-40-34(57)30(53)25(48)20(66-40)10-60-38-32(55)29(52)24(47)19(65-38)9-59-37-31(54)27(50)22(45)17(7-41)63-37/h2-6,17-20,22-25,27-34,37-48,50-57H,7-10H2,1H3. The highest BCUT2D eigenvalue weighted by Gasteiger charge is 2.50. The fraction of sp³-hybridized carbons (Fsp3) is 0.625. The van der Waals surface area contributed by atoms with Crippen LogP contribution in [0.5, 0.6) is 28.7 Å². The van der Waals surface area contributed by atoms with E-state index in [2.05, 4.69) is 0 Å². The maximum Gasteiger partial charge on any atom is 0.239 e. The molecule has 0 bridgehead atoms. The summed E-state index contributed by atoms with van der Waals surface area (Å²) in [5, 5.41) is 166. The van der Waals surface area contributed by atoms with E-state index in [9.17, 15) is 86.5 Å². The van der Waals surface area contributed by atoms with Crippen LogP contribution in [0.25, 0.3) is 22.3 Å². The van der Waals surface area contributed by atoms with Crippen molar-refractivity contribution in [3.8, 4) is 40.1 Å². The van der Waals surface area contributed by atoms with E-state index in [1.54, 1.807) is 0 Å². The van der Waals surface area contributed by atoms with Crippen molar-refractivity contribution in [3.63, 3.8) is 0 Å². The maximum atomic E-state index is 14.3. The molecule has 0 saturated carbocycles. The van der Waals surface area contributed by atoms with Crippen molar-refractivity contribution in [2.45, 2.75) is 123 Å². The first-order valence-corrected chi connectivity index (χ1v) is 20.6. The Kier molecular flexibility index (Phi) is 15.8. The Hall–Kier alpha value is -4.15. The zero-order chi connectivity index (χ0) is 48.8. The third-order valence-corrected chi connectivity index (χ3v) is 11.7. The minimum Gasteiger partial charge on any atom is -0.507 e. The van der Waals surface area contributed by atoms with Crippen LogP contribution in [0.2, 0.25) is 0 Å². The van der Waals surface area contributed by atoms with Crippen molar-refractivity contribution in [3.05, 3.63) is 40.6 Å². The first kappa shape index (κ1) is 50.7. The van der Waals surface area contributed by atoms with Gasteiger partial charge in [0.1, 0.15) is 120 Å². The van der Waals surface area contributed by atoms with Crippen molar-refractivity contribution in [2.24, 2.45) is 0 Å². The fourth-order valence-corrected chi connectivity index (χ4v) is 7.78. The molecule has 2 aromatic carbocycles. The Balaban J connectivity index is 1.13. The molecule has 20 atom stereocenters. The van der Waals surface area contributed by atoms with Gasteiger partial charge in [-0.1, -0.05) is 0 Å². The molecule has 16 N–H and O–H groups in total. The lowest BCUT2D eigenvalue weighted by atomic mass is 9.98. The molecular weight excluding hydrogens is 912 g/mol. The molecule has 20 unspecified atom stereocenters. The summed E-state index contributed by atoms with van der Waals surface area (Å²) in [6.07, 6.45) is -36.1. The van der Waals surface area contributed by atoms with Crippen molar-refractivity contribution >= 4 is 11.0 Å². The molecule has 0 amide bonds. The molecule has 0 spiro atoms. The largest absolute Gasteiger partial charge is 0.507 e. The second kappa shape index (κ2) is 20.8. The number of methoxy groups -OCH3 is 1. The number of hydrogen-bond acceptors (Lipinski definition) is 27. The average molecular weight is 965 g/mol. The van der Waals surface area contributed by atoms with Crippen molar-refractivity contribution < 1.29 is 129 Å². The lowest BCUT2D eigenvalue weighted by molar-refractivity contribution is -0.339. The maximum absolute atomic E-state index is 14.3. The van der Waals surface area contributed by atoms with Crippen molar-refractivity contribution in [1.82, 2.24) is 0 Å². The molecule has 67 heavy (non-hydrogen) atoms. The summed E-state index contributed by atoms with van der Waals surface area (Å²) in [6, 6.07) is 5.56. The molecule has 4 saturated heterocycles. The monoisotopic (exact) mass is 964 g/mol. The number of hydrogen-bond donors (Lipinski definition) is 16. The normalized spacial score (nSPS) is 39.3. The molecule has 1 aromatic heterocycles. The Labute approximate surface area is 376 Å². The zero-order valence-electron chi connectivity index (χ0n) is 34.9. The number of phenolic OH excluding ortho intramolecular Hbond substituents is 2. The second-order valence-electron chi connectivity index (χ2n) is 16.1. The molecule has 3 aromatic rings. The summed E-state index contributed by atoms with van der Waals surface area (Å²) in [4.78, 5) is 14.3. The van der Waals surface area contributed by atoms with Gasteiger partial charge in [-0.3, -0.25) is 4.79 Å². The van der Waals surface area contributed by atoms with Crippen LogP contribution in [0.4, 0.5) is 0 Å². The van der Waals surface area contributed by atoms with Crippen LogP contribution >= 0.6 is 0 Å². The highest BCUT2D eigenvalue weighted by Crippen LogP contribution is 2.41. The lowest BCUT2D eigenvalue weighted by Crippen LogP contribution is -2.63. The number of rotatable bonds is 14. The number of fused-ring (bicyclic) bond motifs is 1. The molecule has 4 fully saturated rings. The zero-order valence-corrected chi connectivity index (χ0v) is 34.9. The summed E-state index contributed by atoms with van der Waals surface area (Å²) >= 11 is 0. The van der Waals surface area contributed by atoms with Crippen LogP contribution in [-0.2, 0) is 28.4 Å². The van der Waals surface area contributed by atoms with Gasteiger partial charge in [-0.15, -0.1) is 0 Å². The summed E-state index contributed by atoms with van der Waals surface area (Å²) < 4.78 is 55.7. The Morgan fingerprint density at radius 2 is 0.970 bits per heavy atom. The molecule has 4 aliphatic rings. The first-order chi connectivity index (χ1) is 31.8. The van der Waals surface area contributed by atoms with Gasteiger partial charge >= 0.3 is 0 Å². The third-order valence-electron chi connectivity index (χ3n) is 11.7. The van der Waals surface area contributed by atoms with Gasteiger partial charge in [0.15, 0.2) is 29.8 Å². The number of benzene rings is 2. The van der Waals surface area contributed by atoms with E-state index in [1.807, 2.05) is 0 Å². The van der Waals surface area contributed by atoms with Crippen LogP contribution in [0.3, 0.4) is 0 Å². The number of ether oxygens (including phenoxy) is 9. The van der Waals surface area contributed by atoms with Crippen LogP contribution in [0.15, 0.2) is 39.5 Å². The van der Waals surface area contributed by atoms with Crippen LogP contribution in [0, 0.1) is 0 Å². The van der Waals surface area contributed by atoms with Gasteiger partial charge in [-0.2, -0.15) is 0 Å². The van der Waals surface area contributed by atoms with E-state index in [0.29, 0.717) is 0 Å².